The van der Waals surface area contributed by atoms with Gasteiger partial charge < -0.3 is 4.74 Å². The van der Waals surface area contributed by atoms with Gasteiger partial charge in [0.2, 0.25) is 5.88 Å². The molecule has 0 spiro atoms. The predicted octanol–water partition coefficient (Wildman–Crippen LogP) is 2.21. The minimum Gasteiger partial charge on any atom is -0.481 e. The first kappa shape index (κ1) is 10.4. The third-order valence-electron chi connectivity index (χ3n) is 1.84. The van der Waals surface area contributed by atoms with E-state index in [1.807, 2.05) is 0 Å². The number of rotatable bonds is 2. The SMILES string of the molecule is COc1cc(C(F)F)c(C)c(C#N)n1. The molecule has 14 heavy (non-hydrogen) atoms. The van der Waals surface area contributed by atoms with Crippen LogP contribution in [-0.2, 0) is 0 Å². The average molecular weight is 198 g/mol. The molecule has 1 rings (SSSR count). The summed E-state index contributed by atoms with van der Waals surface area (Å²) in [4.78, 5) is 3.74. The Morgan fingerprint density at radius 3 is 2.64 bits per heavy atom. The van der Waals surface area contributed by atoms with Crippen molar-refractivity contribution in [2.24, 2.45) is 0 Å². The lowest BCUT2D eigenvalue weighted by atomic mass is 10.1. The lowest BCUT2D eigenvalue weighted by molar-refractivity contribution is 0.150. The second kappa shape index (κ2) is 4.01. The molecule has 0 fully saturated rings. The van der Waals surface area contributed by atoms with Gasteiger partial charge in [-0.1, -0.05) is 0 Å². The Balaban J connectivity index is 3.36. The number of pyridine rings is 1. The summed E-state index contributed by atoms with van der Waals surface area (Å²) in [5, 5.41) is 8.63. The first-order valence-electron chi connectivity index (χ1n) is 3.84. The van der Waals surface area contributed by atoms with Crippen molar-refractivity contribution in [1.29, 1.82) is 5.26 Å². The van der Waals surface area contributed by atoms with Crippen LogP contribution in [0.5, 0.6) is 5.88 Å². The van der Waals surface area contributed by atoms with Crippen LogP contribution in [0.3, 0.4) is 0 Å². The van der Waals surface area contributed by atoms with E-state index in [2.05, 4.69) is 4.98 Å². The van der Waals surface area contributed by atoms with Crippen molar-refractivity contribution in [3.8, 4) is 11.9 Å². The molecule has 0 N–H and O–H groups in total. The van der Waals surface area contributed by atoms with Gasteiger partial charge in [-0.05, 0) is 12.5 Å². The van der Waals surface area contributed by atoms with Gasteiger partial charge in [-0.3, -0.25) is 0 Å². The highest BCUT2D eigenvalue weighted by Gasteiger charge is 2.16. The molecule has 1 heterocycles. The topological polar surface area (TPSA) is 45.9 Å². The van der Waals surface area contributed by atoms with Crippen LogP contribution in [0.2, 0.25) is 0 Å². The molecule has 0 aliphatic rings. The maximum atomic E-state index is 12.5. The molecule has 0 aliphatic carbocycles. The molecule has 0 radical (unpaired) electrons. The average Bonchev–Trinajstić information content (AvgIpc) is 2.17. The molecule has 0 saturated heterocycles. The number of hydrogen-bond donors (Lipinski definition) is 0. The summed E-state index contributed by atoms with van der Waals surface area (Å²) < 4.78 is 29.6. The quantitative estimate of drug-likeness (QED) is 0.731. The zero-order valence-corrected chi connectivity index (χ0v) is 7.71. The van der Waals surface area contributed by atoms with Gasteiger partial charge in [-0.25, -0.2) is 13.8 Å². The van der Waals surface area contributed by atoms with Crippen molar-refractivity contribution in [3.05, 3.63) is 22.9 Å². The van der Waals surface area contributed by atoms with Crippen LogP contribution in [0.4, 0.5) is 8.78 Å². The molecule has 0 aliphatic heterocycles. The van der Waals surface area contributed by atoms with E-state index in [-0.39, 0.29) is 22.7 Å². The monoisotopic (exact) mass is 198 g/mol. The number of nitriles is 1. The van der Waals surface area contributed by atoms with E-state index in [1.54, 1.807) is 6.07 Å². The highest BCUT2D eigenvalue weighted by atomic mass is 19.3. The number of nitrogens with zero attached hydrogens (tertiary/aromatic N) is 2. The van der Waals surface area contributed by atoms with Crippen LogP contribution in [0.15, 0.2) is 6.07 Å². The normalized spacial score (nSPS) is 10.0. The van der Waals surface area contributed by atoms with E-state index in [1.165, 1.54) is 14.0 Å². The van der Waals surface area contributed by atoms with Crippen molar-refractivity contribution < 1.29 is 13.5 Å². The molecule has 0 atom stereocenters. The molecule has 0 unspecified atom stereocenters. The first-order valence-corrected chi connectivity index (χ1v) is 3.84. The molecule has 0 saturated carbocycles. The van der Waals surface area contributed by atoms with Crippen molar-refractivity contribution in [2.75, 3.05) is 7.11 Å². The highest BCUT2D eigenvalue weighted by molar-refractivity contribution is 5.40. The fourth-order valence-corrected chi connectivity index (χ4v) is 1.04. The summed E-state index contributed by atoms with van der Waals surface area (Å²) in [6, 6.07) is 2.88. The zero-order valence-electron chi connectivity index (χ0n) is 7.71. The molecule has 0 aromatic carbocycles. The summed E-state index contributed by atoms with van der Waals surface area (Å²) in [5.41, 5.74) is -0.0450. The number of alkyl halides is 2. The van der Waals surface area contributed by atoms with Gasteiger partial charge in [0.05, 0.1) is 7.11 Å². The molecule has 74 valence electrons. The molecular weight excluding hydrogens is 190 g/mol. The molecule has 0 amide bonds. The van der Waals surface area contributed by atoms with Crippen LogP contribution in [0.1, 0.15) is 23.2 Å². The third kappa shape index (κ3) is 1.79. The molecule has 0 bridgehead atoms. The molecule has 5 heteroatoms. The number of hydrogen-bond acceptors (Lipinski definition) is 3. The lowest BCUT2D eigenvalue weighted by Crippen LogP contribution is -1.99. The second-order valence-electron chi connectivity index (χ2n) is 2.64. The number of halogens is 2. The van der Waals surface area contributed by atoms with Gasteiger partial charge in [0, 0.05) is 11.6 Å². The van der Waals surface area contributed by atoms with Crippen LogP contribution in [0, 0.1) is 18.3 Å². The summed E-state index contributed by atoms with van der Waals surface area (Å²) in [7, 11) is 1.31. The lowest BCUT2D eigenvalue weighted by Gasteiger charge is -2.07. The zero-order chi connectivity index (χ0) is 10.7. The predicted molar refractivity (Wildman–Crippen MR) is 45.2 cm³/mol. The minimum atomic E-state index is -2.63. The molecular formula is C9H8F2N2O. The van der Waals surface area contributed by atoms with E-state index in [0.717, 1.165) is 6.07 Å². The van der Waals surface area contributed by atoms with Crippen LogP contribution in [0.25, 0.3) is 0 Å². The van der Waals surface area contributed by atoms with Gasteiger partial charge in [-0.15, -0.1) is 0 Å². The molecule has 3 nitrogen and oxygen atoms in total. The van der Waals surface area contributed by atoms with E-state index in [0.29, 0.717) is 0 Å². The maximum Gasteiger partial charge on any atom is 0.264 e. The highest BCUT2D eigenvalue weighted by Crippen LogP contribution is 2.26. The fraction of sp³-hybridized carbons (Fsp3) is 0.333. The maximum absolute atomic E-state index is 12.5. The van der Waals surface area contributed by atoms with Gasteiger partial charge in [-0.2, -0.15) is 5.26 Å². The van der Waals surface area contributed by atoms with Gasteiger partial charge in [0.15, 0.2) is 0 Å². The van der Waals surface area contributed by atoms with E-state index >= 15 is 0 Å². The van der Waals surface area contributed by atoms with Crippen molar-refractivity contribution >= 4 is 0 Å². The Morgan fingerprint density at radius 2 is 2.21 bits per heavy atom. The summed E-state index contributed by atoms with van der Waals surface area (Å²) in [6.07, 6.45) is -2.63. The van der Waals surface area contributed by atoms with Gasteiger partial charge in [0.1, 0.15) is 11.8 Å². The van der Waals surface area contributed by atoms with Crippen molar-refractivity contribution in [2.45, 2.75) is 13.3 Å². The molecule has 1 aromatic heterocycles. The Kier molecular flexibility index (Phi) is 2.97. The Bertz CT molecular complexity index is 385. The number of aromatic nitrogens is 1. The van der Waals surface area contributed by atoms with Gasteiger partial charge >= 0.3 is 0 Å². The summed E-state index contributed by atoms with van der Waals surface area (Å²) >= 11 is 0. The van der Waals surface area contributed by atoms with Crippen molar-refractivity contribution in [1.82, 2.24) is 4.98 Å². The number of ether oxygens (including phenoxy) is 1. The Morgan fingerprint density at radius 1 is 1.57 bits per heavy atom. The standard InChI is InChI=1S/C9H8F2N2O/c1-5-6(9(10)11)3-8(14-2)13-7(5)4-12/h3,9H,1-2H3. The Hall–Kier alpha value is -1.70. The number of methoxy groups -OCH3 is 1. The van der Waals surface area contributed by atoms with Crippen molar-refractivity contribution in [3.63, 3.8) is 0 Å². The summed E-state index contributed by atoms with van der Waals surface area (Å²) in [5.74, 6) is 0.0300. The van der Waals surface area contributed by atoms with Crippen LogP contribution >= 0.6 is 0 Å². The van der Waals surface area contributed by atoms with Crippen LogP contribution < -0.4 is 4.74 Å². The van der Waals surface area contributed by atoms with E-state index < -0.39 is 6.43 Å². The smallest absolute Gasteiger partial charge is 0.264 e. The van der Waals surface area contributed by atoms with E-state index in [4.69, 9.17) is 10.00 Å². The third-order valence-corrected chi connectivity index (χ3v) is 1.84. The van der Waals surface area contributed by atoms with E-state index in [9.17, 15) is 8.78 Å². The first-order chi connectivity index (χ1) is 6.60. The van der Waals surface area contributed by atoms with Gasteiger partial charge in [0.25, 0.3) is 6.43 Å². The summed E-state index contributed by atoms with van der Waals surface area (Å²) in [6.45, 7) is 1.44. The largest absolute Gasteiger partial charge is 0.481 e. The second-order valence-corrected chi connectivity index (χ2v) is 2.64. The Labute approximate surface area is 79.9 Å². The van der Waals surface area contributed by atoms with Crippen LogP contribution in [-0.4, -0.2) is 12.1 Å². The minimum absolute atomic E-state index is 0.0281. The molecule has 1 aromatic rings. The fourth-order valence-electron chi connectivity index (χ4n) is 1.04.